The maximum Gasteiger partial charge on any atom is 0.163 e. The summed E-state index contributed by atoms with van der Waals surface area (Å²) in [5.41, 5.74) is 2.80. The predicted molar refractivity (Wildman–Crippen MR) is 102 cm³/mol. The van der Waals surface area contributed by atoms with Crippen LogP contribution in [0.25, 0.3) is 0 Å². The number of aryl methyl sites for hydroxylation is 1. The van der Waals surface area contributed by atoms with Crippen LogP contribution in [0.15, 0.2) is 36.4 Å². The molecule has 0 saturated heterocycles. The Balaban J connectivity index is 2.12. The number of halogens is 1. The van der Waals surface area contributed by atoms with E-state index in [1.165, 1.54) is 5.56 Å². The lowest BCUT2D eigenvalue weighted by Crippen LogP contribution is -2.42. The van der Waals surface area contributed by atoms with Gasteiger partial charge in [-0.2, -0.15) is 0 Å². The number of rotatable bonds is 8. The molecular weight excluding hydrogens is 338 g/mol. The van der Waals surface area contributed by atoms with Crippen LogP contribution in [-0.4, -0.2) is 24.4 Å². The molecule has 136 valence electrons. The molecule has 0 aliphatic rings. The average molecular weight is 364 g/mol. The molecule has 0 fully saturated rings. The van der Waals surface area contributed by atoms with Crippen molar-refractivity contribution in [3.8, 4) is 11.5 Å². The lowest BCUT2D eigenvalue weighted by Gasteiger charge is -2.24. The fourth-order valence-corrected chi connectivity index (χ4v) is 2.56. The number of methoxy groups -OCH3 is 1. The third-order valence-electron chi connectivity index (χ3n) is 3.96. The molecule has 0 bridgehead atoms. The Bertz CT molecular complexity index is 716. The van der Waals surface area contributed by atoms with Gasteiger partial charge in [-0.1, -0.05) is 41.4 Å². The van der Waals surface area contributed by atoms with Gasteiger partial charge >= 0.3 is 0 Å². The van der Waals surface area contributed by atoms with Gasteiger partial charge in [0.15, 0.2) is 11.5 Å². The molecule has 0 aliphatic heterocycles. The smallest absolute Gasteiger partial charge is 0.163 e. The number of aliphatic hydroxyl groups is 1. The molecule has 0 amide bonds. The summed E-state index contributed by atoms with van der Waals surface area (Å²) in [4.78, 5) is 0. The van der Waals surface area contributed by atoms with E-state index in [0.29, 0.717) is 29.7 Å². The van der Waals surface area contributed by atoms with Gasteiger partial charge in [0.25, 0.3) is 0 Å². The van der Waals surface area contributed by atoms with Crippen molar-refractivity contribution in [1.82, 2.24) is 5.32 Å². The van der Waals surface area contributed by atoms with E-state index in [1.807, 2.05) is 32.0 Å². The summed E-state index contributed by atoms with van der Waals surface area (Å²) in [5, 5.41) is 13.2. The van der Waals surface area contributed by atoms with E-state index in [4.69, 9.17) is 21.1 Å². The third-order valence-corrected chi connectivity index (χ3v) is 4.31. The van der Waals surface area contributed by atoms with Crippen LogP contribution < -0.4 is 14.8 Å². The third kappa shape index (κ3) is 5.63. The molecule has 0 aromatic heterocycles. The standard InChI is InChI=1S/C20H26ClNO3/c1-14-6-5-7-15(8-14)12-25-19-10-17(21)16(9-18(19)24-4)11-22-20(2,3)13-23/h5-10,22-23H,11-13H2,1-4H3. The molecule has 0 spiro atoms. The van der Waals surface area contributed by atoms with E-state index in [-0.39, 0.29) is 12.1 Å². The summed E-state index contributed by atoms with van der Waals surface area (Å²) < 4.78 is 11.4. The van der Waals surface area contributed by atoms with Crippen LogP contribution in [-0.2, 0) is 13.2 Å². The highest BCUT2D eigenvalue weighted by molar-refractivity contribution is 6.31. The number of nitrogens with one attached hydrogen (secondary N) is 1. The summed E-state index contributed by atoms with van der Waals surface area (Å²) in [7, 11) is 1.61. The van der Waals surface area contributed by atoms with Crippen molar-refractivity contribution in [3.05, 3.63) is 58.1 Å². The van der Waals surface area contributed by atoms with E-state index in [9.17, 15) is 5.11 Å². The van der Waals surface area contributed by atoms with Crippen molar-refractivity contribution in [2.75, 3.05) is 13.7 Å². The van der Waals surface area contributed by atoms with Gasteiger partial charge in [0.05, 0.1) is 13.7 Å². The van der Waals surface area contributed by atoms with Crippen LogP contribution in [0.5, 0.6) is 11.5 Å². The lowest BCUT2D eigenvalue weighted by molar-refractivity contribution is 0.187. The predicted octanol–water partition coefficient (Wildman–Crippen LogP) is 4.10. The van der Waals surface area contributed by atoms with Crippen LogP contribution in [0.3, 0.4) is 0 Å². The molecule has 25 heavy (non-hydrogen) atoms. The lowest BCUT2D eigenvalue weighted by atomic mass is 10.1. The summed E-state index contributed by atoms with van der Waals surface area (Å²) >= 11 is 6.40. The average Bonchev–Trinajstić information content (AvgIpc) is 2.59. The van der Waals surface area contributed by atoms with Gasteiger partial charge in [-0.25, -0.2) is 0 Å². The molecule has 2 aromatic rings. The van der Waals surface area contributed by atoms with Crippen molar-refractivity contribution in [2.24, 2.45) is 0 Å². The molecule has 0 heterocycles. The topological polar surface area (TPSA) is 50.7 Å². The van der Waals surface area contributed by atoms with Gasteiger partial charge in [0.2, 0.25) is 0 Å². The first-order valence-corrected chi connectivity index (χ1v) is 8.63. The Morgan fingerprint density at radius 3 is 2.56 bits per heavy atom. The molecule has 0 unspecified atom stereocenters. The minimum Gasteiger partial charge on any atom is -0.493 e. The van der Waals surface area contributed by atoms with Crippen molar-refractivity contribution >= 4 is 11.6 Å². The second kappa shape index (κ2) is 8.56. The van der Waals surface area contributed by atoms with Crippen LogP contribution >= 0.6 is 11.6 Å². The van der Waals surface area contributed by atoms with E-state index in [0.717, 1.165) is 11.1 Å². The molecule has 0 radical (unpaired) electrons. The van der Waals surface area contributed by atoms with E-state index < -0.39 is 0 Å². The Hall–Kier alpha value is -1.75. The van der Waals surface area contributed by atoms with E-state index in [1.54, 1.807) is 13.2 Å². The SMILES string of the molecule is COc1cc(CNC(C)(C)CO)c(Cl)cc1OCc1cccc(C)c1. The Morgan fingerprint density at radius 2 is 1.92 bits per heavy atom. The molecular formula is C20H26ClNO3. The number of aliphatic hydroxyl groups excluding tert-OH is 1. The van der Waals surface area contributed by atoms with Gasteiger partial charge in [-0.15, -0.1) is 0 Å². The largest absolute Gasteiger partial charge is 0.493 e. The van der Waals surface area contributed by atoms with Crippen molar-refractivity contribution in [3.63, 3.8) is 0 Å². The fourth-order valence-electron chi connectivity index (χ4n) is 2.34. The van der Waals surface area contributed by atoms with Gasteiger partial charge in [0.1, 0.15) is 6.61 Å². The van der Waals surface area contributed by atoms with Gasteiger partial charge in [0, 0.05) is 23.2 Å². The quantitative estimate of drug-likeness (QED) is 0.741. The van der Waals surface area contributed by atoms with Crippen molar-refractivity contribution in [2.45, 2.75) is 39.5 Å². The van der Waals surface area contributed by atoms with E-state index >= 15 is 0 Å². The summed E-state index contributed by atoms with van der Waals surface area (Å²) in [6.07, 6.45) is 0. The second-order valence-electron chi connectivity index (χ2n) is 6.77. The first-order chi connectivity index (χ1) is 11.8. The monoisotopic (exact) mass is 363 g/mol. The van der Waals surface area contributed by atoms with Gasteiger partial charge < -0.3 is 19.9 Å². The Morgan fingerprint density at radius 1 is 1.16 bits per heavy atom. The first-order valence-electron chi connectivity index (χ1n) is 8.25. The Kier molecular flexibility index (Phi) is 6.71. The number of hydrogen-bond donors (Lipinski definition) is 2. The molecule has 2 rings (SSSR count). The molecule has 0 aliphatic carbocycles. The van der Waals surface area contributed by atoms with Crippen LogP contribution in [0, 0.1) is 6.92 Å². The highest BCUT2D eigenvalue weighted by Gasteiger charge is 2.17. The minimum atomic E-state index is -0.378. The second-order valence-corrected chi connectivity index (χ2v) is 7.17. The fraction of sp³-hybridized carbons (Fsp3) is 0.400. The van der Waals surface area contributed by atoms with Crippen molar-refractivity contribution < 1.29 is 14.6 Å². The van der Waals surface area contributed by atoms with Crippen molar-refractivity contribution in [1.29, 1.82) is 0 Å². The maximum absolute atomic E-state index is 9.34. The van der Waals surface area contributed by atoms with Crippen LogP contribution in [0.2, 0.25) is 5.02 Å². The highest BCUT2D eigenvalue weighted by Crippen LogP contribution is 2.34. The number of ether oxygens (including phenoxy) is 2. The van der Waals surface area contributed by atoms with Gasteiger partial charge in [-0.05, 0) is 38.0 Å². The molecule has 2 aromatic carbocycles. The number of hydrogen-bond acceptors (Lipinski definition) is 4. The van der Waals surface area contributed by atoms with Gasteiger partial charge in [-0.3, -0.25) is 0 Å². The molecule has 5 heteroatoms. The van der Waals surface area contributed by atoms with Crippen LogP contribution in [0.4, 0.5) is 0 Å². The Labute approximate surface area is 154 Å². The summed E-state index contributed by atoms with van der Waals surface area (Å²) in [6, 6.07) is 11.8. The summed E-state index contributed by atoms with van der Waals surface area (Å²) in [5.74, 6) is 1.25. The first kappa shape index (κ1) is 19.6. The molecule has 0 saturated carbocycles. The zero-order valence-corrected chi connectivity index (χ0v) is 16.0. The molecule has 4 nitrogen and oxygen atoms in total. The molecule has 0 atom stereocenters. The highest BCUT2D eigenvalue weighted by atomic mass is 35.5. The van der Waals surface area contributed by atoms with E-state index in [2.05, 4.69) is 24.4 Å². The zero-order chi connectivity index (χ0) is 18.4. The zero-order valence-electron chi connectivity index (χ0n) is 15.2. The maximum atomic E-state index is 9.34. The minimum absolute atomic E-state index is 0.0411. The number of benzene rings is 2. The summed E-state index contributed by atoms with van der Waals surface area (Å²) in [6.45, 7) is 6.93. The molecule has 2 N–H and O–H groups in total. The normalized spacial score (nSPS) is 11.4. The van der Waals surface area contributed by atoms with Crippen LogP contribution in [0.1, 0.15) is 30.5 Å².